The van der Waals surface area contributed by atoms with Crippen molar-refractivity contribution in [2.24, 2.45) is 11.7 Å². The van der Waals surface area contributed by atoms with E-state index in [4.69, 9.17) is 10.5 Å². The summed E-state index contributed by atoms with van der Waals surface area (Å²) in [5.41, 5.74) is 10.6. The highest BCUT2D eigenvalue weighted by Crippen LogP contribution is 2.43. The quantitative estimate of drug-likeness (QED) is 0.888. The van der Waals surface area contributed by atoms with E-state index in [2.05, 4.69) is 32.0 Å². The minimum atomic E-state index is -0.139. The van der Waals surface area contributed by atoms with Crippen LogP contribution in [0, 0.1) is 19.8 Å². The number of hydrogen-bond acceptors (Lipinski definition) is 2. The van der Waals surface area contributed by atoms with Crippen molar-refractivity contribution in [3.63, 3.8) is 0 Å². The normalized spacial score (nSPS) is 31.8. The van der Waals surface area contributed by atoms with Gasteiger partial charge in [0.2, 0.25) is 0 Å². The SMILES string of the molecule is Cc1ccc(C)c(CC2(N)CCOC2C2CC2)c1. The molecule has 0 radical (unpaired) electrons. The molecule has 2 aliphatic rings. The minimum absolute atomic E-state index is 0.139. The van der Waals surface area contributed by atoms with Crippen LogP contribution in [0.5, 0.6) is 0 Å². The second kappa shape index (κ2) is 4.36. The van der Waals surface area contributed by atoms with Gasteiger partial charge in [0.05, 0.1) is 6.10 Å². The van der Waals surface area contributed by atoms with Gasteiger partial charge in [-0.15, -0.1) is 0 Å². The average Bonchev–Trinajstić information content (AvgIpc) is 3.08. The van der Waals surface area contributed by atoms with Crippen molar-refractivity contribution >= 4 is 0 Å². The molecule has 2 atom stereocenters. The summed E-state index contributed by atoms with van der Waals surface area (Å²) in [7, 11) is 0. The van der Waals surface area contributed by atoms with Gasteiger partial charge in [-0.05, 0) is 56.6 Å². The molecule has 98 valence electrons. The second-order valence-corrected chi connectivity index (χ2v) is 6.22. The number of aryl methyl sites for hydroxylation is 2. The van der Waals surface area contributed by atoms with Gasteiger partial charge in [-0.3, -0.25) is 0 Å². The summed E-state index contributed by atoms with van der Waals surface area (Å²) in [6.07, 6.45) is 4.85. The molecule has 1 aliphatic carbocycles. The fourth-order valence-corrected chi connectivity index (χ4v) is 3.22. The van der Waals surface area contributed by atoms with E-state index in [1.165, 1.54) is 29.5 Å². The summed E-state index contributed by atoms with van der Waals surface area (Å²) < 4.78 is 5.91. The summed E-state index contributed by atoms with van der Waals surface area (Å²) in [6.45, 7) is 5.16. The van der Waals surface area contributed by atoms with Crippen LogP contribution in [-0.4, -0.2) is 18.2 Å². The van der Waals surface area contributed by atoms with E-state index in [1.807, 2.05) is 0 Å². The van der Waals surface area contributed by atoms with Gasteiger partial charge in [-0.1, -0.05) is 23.8 Å². The molecule has 1 aromatic carbocycles. The predicted octanol–water partition coefficient (Wildman–Crippen LogP) is 2.74. The topological polar surface area (TPSA) is 35.2 Å². The molecule has 2 heteroatoms. The molecule has 2 fully saturated rings. The van der Waals surface area contributed by atoms with Gasteiger partial charge in [-0.2, -0.15) is 0 Å². The lowest BCUT2D eigenvalue weighted by Crippen LogP contribution is -2.50. The van der Waals surface area contributed by atoms with E-state index in [-0.39, 0.29) is 11.6 Å². The van der Waals surface area contributed by atoms with Crippen LogP contribution in [0.1, 0.15) is 36.0 Å². The molecule has 1 aromatic rings. The molecule has 18 heavy (non-hydrogen) atoms. The van der Waals surface area contributed by atoms with E-state index < -0.39 is 0 Å². The molecule has 1 heterocycles. The van der Waals surface area contributed by atoms with Crippen LogP contribution >= 0.6 is 0 Å². The summed E-state index contributed by atoms with van der Waals surface area (Å²) >= 11 is 0. The van der Waals surface area contributed by atoms with Crippen molar-refractivity contribution in [1.29, 1.82) is 0 Å². The standard InChI is InChI=1S/C16H23NO/c1-11-3-4-12(2)14(9-11)10-16(17)7-8-18-15(16)13-5-6-13/h3-4,9,13,15H,5-8,10,17H2,1-2H3. The zero-order valence-electron chi connectivity index (χ0n) is 11.4. The van der Waals surface area contributed by atoms with Gasteiger partial charge in [-0.25, -0.2) is 0 Å². The highest BCUT2D eigenvalue weighted by atomic mass is 16.5. The Morgan fingerprint density at radius 2 is 2.11 bits per heavy atom. The van der Waals surface area contributed by atoms with Gasteiger partial charge in [0.25, 0.3) is 0 Å². The molecule has 2 nitrogen and oxygen atoms in total. The largest absolute Gasteiger partial charge is 0.376 e. The molecule has 0 amide bonds. The smallest absolute Gasteiger partial charge is 0.0786 e. The second-order valence-electron chi connectivity index (χ2n) is 6.22. The third kappa shape index (κ3) is 2.19. The van der Waals surface area contributed by atoms with Gasteiger partial charge >= 0.3 is 0 Å². The first kappa shape index (κ1) is 12.2. The Labute approximate surface area is 110 Å². The third-order valence-corrected chi connectivity index (χ3v) is 4.51. The molecule has 3 rings (SSSR count). The fraction of sp³-hybridized carbons (Fsp3) is 0.625. The summed E-state index contributed by atoms with van der Waals surface area (Å²) in [4.78, 5) is 0. The Bertz CT molecular complexity index is 452. The maximum absolute atomic E-state index is 6.67. The number of ether oxygens (including phenoxy) is 1. The van der Waals surface area contributed by atoms with Crippen molar-refractivity contribution in [3.8, 4) is 0 Å². The lowest BCUT2D eigenvalue weighted by Gasteiger charge is -2.31. The van der Waals surface area contributed by atoms with E-state index in [1.54, 1.807) is 0 Å². The Balaban J connectivity index is 1.83. The molecule has 1 saturated heterocycles. The third-order valence-electron chi connectivity index (χ3n) is 4.51. The van der Waals surface area contributed by atoms with Crippen molar-refractivity contribution < 1.29 is 4.74 Å². The molecule has 2 N–H and O–H groups in total. The van der Waals surface area contributed by atoms with Crippen LogP contribution in [-0.2, 0) is 11.2 Å². The molecule has 1 saturated carbocycles. The zero-order valence-corrected chi connectivity index (χ0v) is 11.4. The van der Waals surface area contributed by atoms with Gasteiger partial charge in [0.1, 0.15) is 0 Å². The van der Waals surface area contributed by atoms with E-state index >= 15 is 0 Å². The first-order chi connectivity index (χ1) is 8.58. The molecule has 0 aromatic heterocycles. The first-order valence-electron chi connectivity index (χ1n) is 7.05. The van der Waals surface area contributed by atoms with E-state index in [0.717, 1.165) is 25.4 Å². The van der Waals surface area contributed by atoms with Crippen LogP contribution in [0.25, 0.3) is 0 Å². The highest BCUT2D eigenvalue weighted by Gasteiger charge is 2.48. The molecule has 0 spiro atoms. The monoisotopic (exact) mass is 245 g/mol. The number of benzene rings is 1. The summed E-state index contributed by atoms with van der Waals surface area (Å²) in [5, 5.41) is 0. The van der Waals surface area contributed by atoms with Crippen LogP contribution < -0.4 is 5.73 Å². The van der Waals surface area contributed by atoms with E-state index in [0.29, 0.717) is 0 Å². The van der Waals surface area contributed by atoms with Gasteiger partial charge in [0, 0.05) is 12.1 Å². The molecule has 2 unspecified atom stereocenters. The maximum atomic E-state index is 6.67. The van der Waals surface area contributed by atoms with Gasteiger partial charge in [0.15, 0.2) is 0 Å². The predicted molar refractivity (Wildman–Crippen MR) is 73.6 cm³/mol. The Hall–Kier alpha value is -0.860. The highest BCUT2D eigenvalue weighted by molar-refractivity contribution is 5.32. The number of nitrogens with two attached hydrogens (primary N) is 1. The average molecular weight is 245 g/mol. The van der Waals surface area contributed by atoms with Crippen molar-refractivity contribution in [1.82, 2.24) is 0 Å². The lowest BCUT2D eigenvalue weighted by molar-refractivity contribution is 0.0626. The number of rotatable bonds is 3. The van der Waals surface area contributed by atoms with Crippen LogP contribution in [0.3, 0.4) is 0 Å². The van der Waals surface area contributed by atoms with Crippen LogP contribution in [0.4, 0.5) is 0 Å². The molecular weight excluding hydrogens is 222 g/mol. The number of hydrogen-bond donors (Lipinski definition) is 1. The lowest BCUT2D eigenvalue weighted by atomic mass is 9.82. The summed E-state index contributed by atoms with van der Waals surface area (Å²) in [6, 6.07) is 6.66. The Kier molecular flexibility index (Phi) is 2.95. The maximum Gasteiger partial charge on any atom is 0.0786 e. The molecular formula is C16H23NO. The molecule has 1 aliphatic heterocycles. The van der Waals surface area contributed by atoms with E-state index in [9.17, 15) is 0 Å². The van der Waals surface area contributed by atoms with Crippen molar-refractivity contribution in [2.45, 2.75) is 51.2 Å². The Morgan fingerprint density at radius 3 is 2.83 bits per heavy atom. The molecule has 0 bridgehead atoms. The van der Waals surface area contributed by atoms with Crippen molar-refractivity contribution in [2.75, 3.05) is 6.61 Å². The minimum Gasteiger partial charge on any atom is -0.376 e. The fourth-order valence-electron chi connectivity index (χ4n) is 3.22. The van der Waals surface area contributed by atoms with Crippen LogP contribution in [0.15, 0.2) is 18.2 Å². The van der Waals surface area contributed by atoms with Crippen LogP contribution in [0.2, 0.25) is 0 Å². The van der Waals surface area contributed by atoms with Crippen molar-refractivity contribution in [3.05, 3.63) is 34.9 Å². The van der Waals surface area contributed by atoms with Gasteiger partial charge < -0.3 is 10.5 Å². The zero-order chi connectivity index (χ0) is 12.8. The Morgan fingerprint density at radius 1 is 1.33 bits per heavy atom. The summed E-state index contributed by atoms with van der Waals surface area (Å²) in [5.74, 6) is 0.725. The first-order valence-corrected chi connectivity index (χ1v) is 7.05.